The van der Waals surface area contributed by atoms with E-state index in [1.54, 1.807) is 12.3 Å². The maximum Gasteiger partial charge on any atom is 0.256 e. The van der Waals surface area contributed by atoms with Crippen LogP contribution in [-0.2, 0) is 12.5 Å². The zero-order valence-electron chi connectivity index (χ0n) is 15.6. The number of amides is 1. The number of aromatic nitrogens is 3. The highest BCUT2D eigenvalue weighted by molar-refractivity contribution is 6.04. The number of likely N-dealkylation sites (tertiary alicyclic amines) is 1. The van der Waals surface area contributed by atoms with Gasteiger partial charge in [-0.15, -0.1) is 0 Å². The van der Waals surface area contributed by atoms with Gasteiger partial charge in [-0.2, -0.15) is 0 Å². The largest absolute Gasteiger partial charge is 0.338 e. The fourth-order valence-corrected chi connectivity index (χ4v) is 4.51. The van der Waals surface area contributed by atoms with Gasteiger partial charge in [0.2, 0.25) is 0 Å². The number of pyridine rings is 1. The van der Waals surface area contributed by atoms with Crippen LogP contribution >= 0.6 is 0 Å². The molecule has 0 atom stereocenters. The van der Waals surface area contributed by atoms with Crippen molar-refractivity contribution in [3.63, 3.8) is 0 Å². The molecular formula is C22H22N4O. The third-order valence-electron chi connectivity index (χ3n) is 6.23. The summed E-state index contributed by atoms with van der Waals surface area (Å²) in [4.78, 5) is 24.1. The number of allylic oxidation sites excluding steroid dienone is 1. The topological polar surface area (TPSA) is 51.0 Å². The minimum absolute atomic E-state index is 0.0608. The van der Waals surface area contributed by atoms with Gasteiger partial charge in [-0.3, -0.25) is 4.79 Å². The van der Waals surface area contributed by atoms with Crippen LogP contribution in [-0.4, -0.2) is 38.4 Å². The molecule has 1 spiro atoms. The van der Waals surface area contributed by atoms with Gasteiger partial charge in [-0.25, -0.2) is 9.97 Å². The Morgan fingerprint density at radius 3 is 2.74 bits per heavy atom. The van der Waals surface area contributed by atoms with Gasteiger partial charge in [-0.05, 0) is 37.0 Å². The van der Waals surface area contributed by atoms with E-state index in [4.69, 9.17) is 0 Å². The molecule has 1 aliphatic carbocycles. The number of hydrogen-bond donors (Lipinski definition) is 0. The number of nitrogens with zero attached hydrogens (tertiary/aromatic N) is 4. The lowest BCUT2D eigenvalue weighted by Crippen LogP contribution is -2.44. The van der Waals surface area contributed by atoms with E-state index in [1.165, 1.54) is 11.1 Å². The van der Waals surface area contributed by atoms with Gasteiger partial charge in [0.1, 0.15) is 11.3 Å². The molecule has 5 nitrogen and oxygen atoms in total. The molecule has 0 saturated carbocycles. The summed E-state index contributed by atoms with van der Waals surface area (Å²) in [6, 6.07) is 10.4. The van der Waals surface area contributed by atoms with Crippen LogP contribution in [0.1, 0.15) is 40.2 Å². The summed E-state index contributed by atoms with van der Waals surface area (Å²) >= 11 is 0. The van der Waals surface area contributed by atoms with Crippen LogP contribution in [0, 0.1) is 6.92 Å². The van der Waals surface area contributed by atoms with Crippen LogP contribution in [0.2, 0.25) is 0 Å². The first kappa shape index (κ1) is 16.2. The van der Waals surface area contributed by atoms with Gasteiger partial charge in [0, 0.05) is 31.7 Å². The Morgan fingerprint density at radius 2 is 1.93 bits per heavy atom. The van der Waals surface area contributed by atoms with E-state index in [-0.39, 0.29) is 11.3 Å². The second kappa shape index (κ2) is 5.78. The fraction of sp³-hybridized carbons (Fsp3) is 0.318. The molecule has 0 radical (unpaired) electrons. The second-order valence-corrected chi connectivity index (χ2v) is 7.62. The highest BCUT2D eigenvalue weighted by atomic mass is 16.2. The third kappa shape index (κ3) is 2.34. The molecule has 1 amide bonds. The Bertz CT molecular complexity index is 1090. The van der Waals surface area contributed by atoms with Crippen molar-refractivity contribution in [3.8, 4) is 0 Å². The summed E-state index contributed by atoms with van der Waals surface area (Å²) in [6.45, 7) is 3.45. The first-order valence-electron chi connectivity index (χ1n) is 9.45. The molecule has 0 N–H and O–H groups in total. The van der Waals surface area contributed by atoms with Crippen molar-refractivity contribution in [2.45, 2.75) is 25.2 Å². The van der Waals surface area contributed by atoms with Gasteiger partial charge >= 0.3 is 0 Å². The fourth-order valence-electron chi connectivity index (χ4n) is 4.51. The van der Waals surface area contributed by atoms with E-state index in [1.807, 2.05) is 23.4 Å². The van der Waals surface area contributed by atoms with Gasteiger partial charge < -0.3 is 9.47 Å². The molecule has 2 aliphatic rings. The Morgan fingerprint density at radius 1 is 1.15 bits per heavy atom. The number of carbonyl (C=O) groups is 1. The maximum atomic E-state index is 13.2. The van der Waals surface area contributed by atoms with E-state index in [9.17, 15) is 4.79 Å². The molecule has 27 heavy (non-hydrogen) atoms. The average molecular weight is 358 g/mol. The van der Waals surface area contributed by atoms with E-state index in [2.05, 4.69) is 46.4 Å². The minimum atomic E-state index is 0.0608. The van der Waals surface area contributed by atoms with Crippen LogP contribution in [0.15, 0.2) is 42.6 Å². The number of aryl methyl sites for hydroxylation is 2. The predicted molar refractivity (Wildman–Crippen MR) is 106 cm³/mol. The minimum Gasteiger partial charge on any atom is -0.338 e. The summed E-state index contributed by atoms with van der Waals surface area (Å²) in [5.74, 6) is 0.925. The molecule has 1 aliphatic heterocycles. The molecule has 0 unspecified atom stereocenters. The summed E-state index contributed by atoms with van der Waals surface area (Å²) < 4.78 is 1.93. The Balaban J connectivity index is 1.42. The Hall–Kier alpha value is -2.95. The van der Waals surface area contributed by atoms with E-state index in [0.29, 0.717) is 11.1 Å². The molecule has 3 heterocycles. The summed E-state index contributed by atoms with van der Waals surface area (Å²) in [6.07, 6.45) is 8.20. The van der Waals surface area contributed by atoms with Crippen molar-refractivity contribution in [3.05, 3.63) is 65.1 Å². The SMILES string of the molecule is Cc1nc2c(C(=O)N3CCC4(C=Cc5ccccc54)CC3)ccnc2n1C. The zero-order chi connectivity index (χ0) is 18.6. The number of carbonyl (C=O) groups excluding carboxylic acids is 1. The van der Waals surface area contributed by atoms with Crippen molar-refractivity contribution in [2.75, 3.05) is 13.1 Å². The van der Waals surface area contributed by atoms with Gasteiger partial charge in [0.25, 0.3) is 5.91 Å². The molecule has 5 heteroatoms. The lowest BCUT2D eigenvalue weighted by molar-refractivity contribution is 0.0692. The highest BCUT2D eigenvalue weighted by Crippen LogP contribution is 2.43. The summed E-state index contributed by atoms with van der Waals surface area (Å²) in [7, 11) is 1.93. The number of hydrogen-bond acceptors (Lipinski definition) is 3. The van der Waals surface area contributed by atoms with E-state index < -0.39 is 0 Å². The number of benzene rings is 1. The molecule has 3 aromatic rings. The molecule has 136 valence electrons. The second-order valence-electron chi connectivity index (χ2n) is 7.62. The first-order valence-corrected chi connectivity index (χ1v) is 9.45. The van der Waals surface area contributed by atoms with E-state index in [0.717, 1.165) is 37.4 Å². The molecular weight excluding hydrogens is 336 g/mol. The van der Waals surface area contributed by atoms with Crippen LogP contribution in [0.25, 0.3) is 17.2 Å². The third-order valence-corrected chi connectivity index (χ3v) is 6.23. The lowest BCUT2D eigenvalue weighted by Gasteiger charge is -2.39. The van der Waals surface area contributed by atoms with Gasteiger partial charge in [-0.1, -0.05) is 36.4 Å². The molecule has 2 aromatic heterocycles. The zero-order valence-corrected chi connectivity index (χ0v) is 15.6. The van der Waals surface area contributed by atoms with Crippen molar-refractivity contribution >= 4 is 23.1 Å². The summed E-state index contributed by atoms with van der Waals surface area (Å²) in [5, 5.41) is 0. The molecule has 1 fully saturated rings. The highest BCUT2D eigenvalue weighted by Gasteiger charge is 2.39. The van der Waals surface area contributed by atoms with E-state index >= 15 is 0 Å². The normalized spacial score (nSPS) is 17.6. The maximum absolute atomic E-state index is 13.2. The molecule has 1 aromatic carbocycles. The van der Waals surface area contributed by atoms with Crippen LogP contribution < -0.4 is 0 Å². The molecule has 1 saturated heterocycles. The number of fused-ring (bicyclic) bond motifs is 3. The van der Waals surface area contributed by atoms with Gasteiger partial charge in [0.15, 0.2) is 5.65 Å². The van der Waals surface area contributed by atoms with Crippen molar-refractivity contribution in [1.29, 1.82) is 0 Å². The van der Waals surface area contributed by atoms with Crippen LogP contribution in [0.3, 0.4) is 0 Å². The Labute approximate surface area is 158 Å². The van der Waals surface area contributed by atoms with Crippen LogP contribution in [0.4, 0.5) is 0 Å². The van der Waals surface area contributed by atoms with Crippen molar-refractivity contribution < 1.29 is 4.79 Å². The average Bonchev–Trinajstić information content (AvgIpc) is 3.20. The monoisotopic (exact) mass is 358 g/mol. The molecule has 5 rings (SSSR count). The quantitative estimate of drug-likeness (QED) is 0.669. The van der Waals surface area contributed by atoms with Crippen molar-refractivity contribution in [1.82, 2.24) is 19.4 Å². The number of imidazole rings is 1. The molecule has 0 bridgehead atoms. The number of rotatable bonds is 1. The first-order chi connectivity index (χ1) is 13.1. The Kier molecular flexibility index (Phi) is 3.47. The number of piperidine rings is 1. The van der Waals surface area contributed by atoms with Crippen molar-refractivity contribution in [2.24, 2.45) is 7.05 Å². The summed E-state index contributed by atoms with van der Waals surface area (Å²) in [5.41, 5.74) is 4.93. The van der Waals surface area contributed by atoms with Gasteiger partial charge in [0.05, 0.1) is 5.56 Å². The smallest absolute Gasteiger partial charge is 0.256 e. The standard InChI is InChI=1S/C22H22N4O/c1-15-24-19-17(8-12-23-20(19)25(15)2)21(27)26-13-10-22(11-14-26)9-7-16-5-3-4-6-18(16)22/h3-9,12H,10-11,13-14H2,1-2H3. The predicted octanol–water partition coefficient (Wildman–Crippen LogP) is 3.48. The lowest BCUT2D eigenvalue weighted by atomic mass is 9.74. The van der Waals surface area contributed by atoms with Crippen LogP contribution in [0.5, 0.6) is 0 Å².